The first-order chi connectivity index (χ1) is 10.4. The number of carbonyl (C=O) groups excluding carboxylic acids is 1. The highest BCUT2D eigenvalue weighted by Gasteiger charge is 2.48. The summed E-state index contributed by atoms with van der Waals surface area (Å²) in [7, 11) is 2.23. The topological polar surface area (TPSA) is 30.7 Å². The van der Waals surface area contributed by atoms with E-state index in [9.17, 15) is 4.79 Å². The lowest BCUT2D eigenvalue weighted by Gasteiger charge is -2.46. The number of esters is 1. The van der Waals surface area contributed by atoms with Crippen LogP contribution in [0.5, 0.6) is 0 Å². The van der Waals surface area contributed by atoms with Gasteiger partial charge in [-0.3, -0.25) is 4.79 Å². The molecule has 1 N–H and O–H groups in total. The van der Waals surface area contributed by atoms with Gasteiger partial charge in [0.25, 0.3) is 0 Å². The lowest BCUT2D eigenvalue weighted by Crippen LogP contribution is -3.15. The van der Waals surface area contributed by atoms with Crippen molar-refractivity contribution in [3.8, 4) is 0 Å². The third-order valence-electron chi connectivity index (χ3n) is 5.25. The Balaban J connectivity index is 2.28. The minimum absolute atomic E-state index is 0.0780. The highest BCUT2D eigenvalue weighted by molar-refractivity contribution is 5.69. The predicted octanol–water partition coefficient (Wildman–Crippen LogP) is 2.17. The van der Waals surface area contributed by atoms with Gasteiger partial charge in [0.05, 0.1) is 19.6 Å². The minimum Gasteiger partial charge on any atom is -0.458 e. The number of likely N-dealkylation sites (tertiary alicyclic amines) is 1. The van der Waals surface area contributed by atoms with Crippen LogP contribution in [-0.4, -0.2) is 31.2 Å². The van der Waals surface area contributed by atoms with E-state index >= 15 is 0 Å². The molecule has 1 unspecified atom stereocenters. The number of hydrogen-bond donors (Lipinski definition) is 1. The molecule has 0 aromatic heterocycles. The molecule has 1 aliphatic heterocycles. The van der Waals surface area contributed by atoms with Crippen LogP contribution >= 0.6 is 0 Å². The zero-order valence-corrected chi connectivity index (χ0v) is 14.6. The van der Waals surface area contributed by atoms with Crippen molar-refractivity contribution >= 4 is 5.97 Å². The van der Waals surface area contributed by atoms with Crippen molar-refractivity contribution in [1.82, 2.24) is 0 Å². The van der Waals surface area contributed by atoms with Gasteiger partial charge in [0, 0.05) is 25.2 Å². The zero-order chi connectivity index (χ0) is 16.3. The minimum atomic E-state index is -0.360. The number of ether oxygens (including phenoxy) is 1. The Kier molecular flexibility index (Phi) is 5.28. The lowest BCUT2D eigenvalue weighted by molar-refractivity contribution is -0.915. The summed E-state index contributed by atoms with van der Waals surface area (Å²) in [5.41, 5.74) is 2.16. The Bertz CT molecular complexity index is 511. The normalized spacial score (nSPS) is 31.8. The Morgan fingerprint density at radius 2 is 1.95 bits per heavy atom. The molecular weight excluding hydrogens is 274 g/mol. The second kappa shape index (κ2) is 6.82. The first-order valence-corrected chi connectivity index (χ1v) is 8.46. The standard InChI is InChI=1S/C19H29NO2/c1-6-18(21)22-19(11-16(4)20(5)13-15(19)3)12-17-9-7-14(2)8-10-17/h7-10,15-16H,6,11-13H2,1-5H3/p+1/t15-,16+,19-/m0/s1. The monoisotopic (exact) mass is 304 g/mol. The third-order valence-corrected chi connectivity index (χ3v) is 5.25. The molecule has 0 radical (unpaired) electrons. The molecule has 1 fully saturated rings. The number of carbonyl (C=O) groups is 1. The van der Waals surface area contributed by atoms with Crippen molar-refractivity contribution in [3.05, 3.63) is 35.4 Å². The summed E-state index contributed by atoms with van der Waals surface area (Å²) in [4.78, 5) is 13.6. The first-order valence-electron chi connectivity index (χ1n) is 8.46. The van der Waals surface area contributed by atoms with Gasteiger partial charge in [-0.05, 0) is 19.4 Å². The van der Waals surface area contributed by atoms with Gasteiger partial charge < -0.3 is 9.64 Å². The first kappa shape index (κ1) is 17.0. The van der Waals surface area contributed by atoms with Crippen LogP contribution in [0.1, 0.15) is 44.7 Å². The Hall–Kier alpha value is -1.35. The molecular formula is C19H30NO2+. The van der Waals surface area contributed by atoms with Crippen LogP contribution in [0.25, 0.3) is 0 Å². The Labute approximate surface area is 134 Å². The van der Waals surface area contributed by atoms with E-state index in [0.29, 0.717) is 18.4 Å². The molecule has 3 nitrogen and oxygen atoms in total. The molecule has 0 saturated carbocycles. The van der Waals surface area contributed by atoms with Gasteiger partial charge in [0.1, 0.15) is 5.60 Å². The van der Waals surface area contributed by atoms with Gasteiger partial charge in [-0.25, -0.2) is 0 Å². The van der Waals surface area contributed by atoms with Gasteiger partial charge in [0.15, 0.2) is 0 Å². The van der Waals surface area contributed by atoms with E-state index in [1.54, 1.807) is 0 Å². The number of quaternary nitrogens is 1. The highest BCUT2D eigenvalue weighted by atomic mass is 16.6. The van der Waals surface area contributed by atoms with E-state index in [0.717, 1.165) is 19.4 Å². The Morgan fingerprint density at radius 1 is 1.32 bits per heavy atom. The van der Waals surface area contributed by atoms with Crippen LogP contribution in [0.2, 0.25) is 0 Å². The zero-order valence-electron chi connectivity index (χ0n) is 14.6. The molecule has 0 amide bonds. The van der Waals surface area contributed by atoms with Crippen LogP contribution in [0.3, 0.4) is 0 Å². The molecule has 1 aromatic carbocycles. The smallest absolute Gasteiger partial charge is 0.306 e. The fourth-order valence-corrected chi connectivity index (χ4v) is 3.54. The molecule has 1 heterocycles. The van der Waals surface area contributed by atoms with Crippen LogP contribution in [-0.2, 0) is 16.0 Å². The van der Waals surface area contributed by atoms with Crippen molar-refractivity contribution in [1.29, 1.82) is 0 Å². The average Bonchev–Trinajstić information content (AvgIpc) is 2.47. The van der Waals surface area contributed by atoms with Crippen LogP contribution < -0.4 is 4.90 Å². The van der Waals surface area contributed by atoms with Crippen molar-refractivity contribution in [2.75, 3.05) is 13.6 Å². The number of aryl methyl sites for hydroxylation is 1. The van der Waals surface area contributed by atoms with Crippen LogP contribution in [0.4, 0.5) is 0 Å². The largest absolute Gasteiger partial charge is 0.458 e. The third kappa shape index (κ3) is 3.70. The number of rotatable bonds is 4. The summed E-state index contributed by atoms with van der Waals surface area (Å²) in [6.45, 7) is 9.50. The number of hydrogen-bond acceptors (Lipinski definition) is 2. The maximum atomic E-state index is 12.0. The molecule has 1 aromatic rings. The second-order valence-electron chi connectivity index (χ2n) is 7.11. The van der Waals surface area contributed by atoms with E-state index in [2.05, 4.69) is 52.1 Å². The summed E-state index contributed by atoms with van der Waals surface area (Å²) in [6.07, 6.45) is 2.19. The summed E-state index contributed by atoms with van der Waals surface area (Å²) < 4.78 is 6.04. The van der Waals surface area contributed by atoms with Gasteiger partial charge in [-0.1, -0.05) is 43.7 Å². The predicted molar refractivity (Wildman–Crippen MR) is 89.0 cm³/mol. The van der Waals surface area contributed by atoms with E-state index in [1.165, 1.54) is 16.0 Å². The molecule has 4 atom stereocenters. The summed E-state index contributed by atoms with van der Waals surface area (Å²) in [5.74, 6) is 0.284. The lowest BCUT2D eigenvalue weighted by atomic mass is 9.75. The van der Waals surface area contributed by atoms with Crippen LogP contribution in [0, 0.1) is 12.8 Å². The summed E-state index contributed by atoms with van der Waals surface area (Å²) in [5, 5.41) is 0. The average molecular weight is 304 g/mol. The van der Waals surface area contributed by atoms with Gasteiger partial charge in [-0.2, -0.15) is 0 Å². The fourth-order valence-electron chi connectivity index (χ4n) is 3.54. The van der Waals surface area contributed by atoms with Crippen molar-refractivity contribution in [3.63, 3.8) is 0 Å². The Morgan fingerprint density at radius 3 is 2.55 bits per heavy atom. The van der Waals surface area contributed by atoms with Crippen molar-refractivity contribution in [2.24, 2.45) is 5.92 Å². The number of benzene rings is 1. The molecule has 0 bridgehead atoms. The second-order valence-corrected chi connectivity index (χ2v) is 7.11. The number of piperidine rings is 1. The molecule has 2 rings (SSSR count). The molecule has 1 aliphatic rings. The quantitative estimate of drug-likeness (QED) is 0.864. The molecule has 0 aliphatic carbocycles. The van der Waals surface area contributed by atoms with E-state index < -0.39 is 0 Å². The maximum absolute atomic E-state index is 12.0. The molecule has 3 heteroatoms. The van der Waals surface area contributed by atoms with Crippen molar-refractivity contribution < 1.29 is 14.4 Å². The molecule has 1 saturated heterocycles. The molecule has 22 heavy (non-hydrogen) atoms. The van der Waals surface area contributed by atoms with E-state index in [1.807, 2.05) is 6.92 Å². The van der Waals surface area contributed by atoms with Gasteiger partial charge in [0.2, 0.25) is 0 Å². The van der Waals surface area contributed by atoms with Gasteiger partial charge in [-0.15, -0.1) is 0 Å². The summed E-state index contributed by atoms with van der Waals surface area (Å²) in [6, 6.07) is 9.11. The van der Waals surface area contributed by atoms with Gasteiger partial charge >= 0.3 is 5.97 Å². The maximum Gasteiger partial charge on any atom is 0.306 e. The fraction of sp³-hybridized carbons (Fsp3) is 0.632. The molecule has 122 valence electrons. The number of nitrogens with one attached hydrogen (secondary N) is 1. The highest BCUT2D eigenvalue weighted by Crippen LogP contribution is 2.33. The van der Waals surface area contributed by atoms with Crippen molar-refractivity contribution in [2.45, 2.75) is 58.6 Å². The van der Waals surface area contributed by atoms with E-state index in [-0.39, 0.29) is 11.6 Å². The summed E-state index contributed by atoms with van der Waals surface area (Å²) >= 11 is 0. The SMILES string of the molecule is CCC(=O)O[C@]1(Cc2ccc(C)cc2)C[C@@H](C)[NH+](C)C[C@@H]1C. The molecule has 0 spiro atoms. The van der Waals surface area contributed by atoms with E-state index in [4.69, 9.17) is 4.74 Å². The van der Waals surface area contributed by atoms with Crippen LogP contribution in [0.15, 0.2) is 24.3 Å².